The topological polar surface area (TPSA) is 96.3 Å². The largest absolute Gasteiger partial charge is 0.378 e. The number of fused-ring (bicyclic) bond motifs is 1. The van der Waals surface area contributed by atoms with Gasteiger partial charge in [-0.1, -0.05) is 0 Å². The van der Waals surface area contributed by atoms with Gasteiger partial charge in [0.1, 0.15) is 12.1 Å². The van der Waals surface area contributed by atoms with E-state index in [0.29, 0.717) is 49.1 Å². The summed E-state index contributed by atoms with van der Waals surface area (Å²) in [6.07, 6.45) is 6.57. The van der Waals surface area contributed by atoms with Crippen LogP contribution in [0.1, 0.15) is 0 Å². The average Bonchev–Trinajstić information content (AvgIpc) is 3.42. The third-order valence-corrected chi connectivity index (χ3v) is 4.66. The van der Waals surface area contributed by atoms with Crippen molar-refractivity contribution in [1.29, 1.82) is 0 Å². The SMILES string of the molecule is Fc1cc(Nc2ncc(-c3cn[nH]c3)n3ncnc23)ccc1N1CCOCC1. The van der Waals surface area contributed by atoms with Crippen LogP contribution in [0.3, 0.4) is 0 Å². The first-order valence-corrected chi connectivity index (χ1v) is 8.87. The summed E-state index contributed by atoms with van der Waals surface area (Å²) in [5.74, 6) is 0.197. The fourth-order valence-corrected chi connectivity index (χ4v) is 3.28. The monoisotopic (exact) mass is 380 g/mol. The van der Waals surface area contributed by atoms with E-state index >= 15 is 0 Å². The van der Waals surface area contributed by atoms with Gasteiger partial charge in [-0.3, -0.25) is 5.10 Å². The van der Waals surface area contributed by atoms with E-state index in [1.165, 1.54) is 12.4 Å². The molecule has 1 fully saturated rings. The van der Waals surface area contributed by atoms with Gasteiger partial charge in [0.25, 0.3) is 0 Å². The van der Waals surface area contributed by atoms with E-state index in [9.17, 15) is 4.39 Å². The van der Waals surface area contributed by atoms with E-state index in [2.05, 4.69) is 30.6 Å². The highest BCUT2D eigenvalue weighted by Crippen LogP contribution is 2.27. The molecule has 0 amide bonds. The summed E-state index contributed by atoms with van der Waals surface area (Å²) in [6.45, 7) is 2.58. The van der Waals surface area contributed by atoms with E-state index in [1.54, 1.807) is 29.2 Å². The Hall–Kier alpha value is -3.53. The molecule has 1 aliphatic heterocycles. The highest BCUT2D eigenvalue weighted by molar-refractivity contribution is 5.73. The Morgan fingerprint density at radius 1 is 1.14 bits per heavy atom. The Bertz CT molecular complexity index is 1100. The number of rotatable bonds is 4. The smallest absolute Gasteiger partial charge is 0.199 e. The lowest BCUT2D eigenvalue weighted by molar-refractivity contribution is 0.122. The fraction of sp³-hybridized carbons (Fsp3) is 0.222. The van der Waals surface area contributed by atoms with E-state index in [-0.39, 0.29) is 5.82 Å². The van der Waals surface area contributed by atoms with Gasteiger partial charge in [0, 0.05) is 30.5 Å². The normalized spacial score (nSPS) is 14.5. The zero-order chi connectivity index (χ0) is 18.9. The third-order valence-electron chi connectivity index (χ3n) is 4.66. The van der Waals surface area contributed by atoms with Crippen LogP contribution < -0.4 is 10.2 Å². The molecule has 142 valence electrons. The lowest BCUT2D eigenvalue weighted by atomic mass is 10.2. The Morgan fingerprint density at radius 2 is 2.04 bits per heavy atom. The molecule has 0 aliphatic carbocycles. The maximum absolute atomic E-state index is 14.7. The van der Waals surface area contributed by atoms with Gasteiger partial charge in [0.05, 0.1) is 37.0 Å². The molecule has 0 saturated carbocycles. The van der Waals surface area contributed by atoms with Gasteiger partial charge in [-0.2, -0.15) is 10.2 Å². The fourth-order valence-electron chi connectivity index (χ4n) is 3.28. The van der Waals surface area contributed by atoms with Gasteiger partial charge in [-0.05, 0) is 18.2 Å². The van der Waals surface area contributed by atoms with Gasteiger partial charge in [-0.15, -0.1) is 0 Å². The maximum Gasteiger partial charge on any atom is 0.199 e. The van der Waals surface area contributed by atoms with Crippen molar-refractivity contribution < 1.29 is 9.13 Å². The molecule has 4 aromatic rings. The van der Waals surface area contributed by atoms with Crippen LogP contribution in [0, 0.1) is 5.82 Å². The minimum Gasteiger partial charge on any atom is -0.378 e. The average molecular weight is 380 g/mol. The van der Waals surface area contributed by atoms with Crippen molar-refractivity contribution in [2.45, 2.75) is 0 Å². The second-order valence-corrected chi connectivity index (χ2v) is 6.37. The van der Waals surface area contributed by atoms with Crippen molar-refractivity contribution in [3.63, 3.8) is 0 Å². The number of nitrogens with zero attached hydrogens (tertiary/aromatic N) is 6. The van der Waals surface area contributed by atoms with Crippen LogP contribution in [0.2, 0.25) is 0 Å². The molecule has 3 aromatic heterocycles. The van der Waals surface area contributed by atoms with Gasteiger partial charge in [-0.25, -0.2) is 18.9 Å². The van der Waals surface area contributed by atoms with Crippen molar-refractivity contribution in [3.8, 4) is 11.3 Å². The summed E-state index contributed by atoms with van der Waals surface area (Å²) in [4.78, 5) is 10.7. The molecule has 9 nitrogen and oxygen atoms in total. The third kappa shape index (κ3) is 2.93. The van der Waals surface area contributed by atoms with Crippen molar-refractivity contribution in [3.05, 3.63) is 48.9 Å². The number of hydrogen-bond acceptors (Lipinski definition) is 7. The van der Waals surface area contributed by atoms with Crippen LogP contribution in [-0.4, -0.2) is 56.1 Å². The number of morpholine rings is 1. The number of anilines is 3. The Balaban J connectivity index is 1.45. The number of H-pyrrole nitrogens is 1. The lowest BCUT2D eigenvalue weighted by Gasteiger charge is -2.29. The minimum atomic E-state index is -0.292. The number of benzene rings is 1. The number of aromatic nitrogens is 6. The molecule has 1 aromatic carbocycles. The van der Waals surface area contributed by atoms with Crippen LogP contribution >= 0.6 is 0 Å². The number of ether oxygens (including phenoxy) is 1. The van der Waals surface area contributed by atoms with Crippen LogP contribution in [0.25, 0.3) is 16.9 Å². The summed E-state index contributed by atoms with van der Waals surface area (Å²) < 4.78 is 21.6. The number of aromatic amines is 1. The maximum atomic E-state index is 14.7. The summed E-state index contributed by atoms with van der Waals surface area (Å²) in [5.41, 5.74) is 3.29. The van der Waals surface area contributed by atoms with E-state index in [1.807, 2.05) is 11.0 Å². The molecular formula is C18H17FN8O. The summed E-state index contributed by atoms with van der Waals surface area (Å²) in [7, 11) is 0. The lowest BCUT2D eigenvalue weighted by Crippen LogP contribution is -2.36. The first kappa shape index (κ1) is 16.6. The highest BCUT2D eigenvalue weighted by Gasteiger charge is 2.16. The highest BCUT2D eigenvalue weighted by atomic mass is 19.1. The van der Waals surface area contributed by atoms with Crippen LogP contribution in [-0.2, 0) is 4.74 Å². The zero-order valence-electron chi connectivity index (χ0n) is 14.8. The van der Waals surface area contributed by atoms with Crippen molar-refractivity contribution in [2.24, 2.45) is 0 Å². The van der Waals surface area contributed by atoms with Crippen molar-refractivity contribution in [1.82, 2.24) is 29.8 Å². The molecule has 0 atom stereocenters. The van der Waals surface area contributed by atoms with Gasteiger partial charge < -0.3 is 15.0 Å². The van der Waals surface area contributed by atoms with Gasteiger partial charge in [0.15, 0.2) is 11.5 Å². The summed E-state index contributed by atoms with van der Waals surface area (Å²) in [5, 5.41) is 14.1. The number of hydrogen-bond donors (Lipinski definition) is 2. The molecule has 2 N–H and O–H groups in total. The van der Waals surface area contributed by atoms with E-state index in [0.717, 1.165) is 11.3 Å². The molecule has 0 unspecified atom stereocenters. The van der Waals surface area contributed by atoms with E-state index in [4.69, 9.17) is 4.74 Å². The predicted molar refractivity (Wildman–Crippen MR) is 101 cm³/mol. The molecule has 0 bridgehead atoms. The zero-order valence-corrected chi connectivity index (χ0v) is 14.8. The summed E-state index contributed by atoms with van der Waals surface area (Å²) >= 11 is 0. The molecule has 0 spiro atoms. The molecule has 28 heavy (non-hydrogen) atoms. The molecule has 4 heterocycles. The first-order chi connectivity index (χ1) is 13.8. The molecule has 1 aliphatic rings. The second-order valence-electron chi connectivity index (χ2n) is 6.37. The van der Waals surface area contributed by atoms with Crippen LogP contribution in [0.15, 0.2) is 43.1 Å². The first-order valence-electron chi connectivity index (χ1n) is 8.87. The van der Waals surface area contributed by atoms with E-state index < -0.39 is 0 Å². The van der Waals surface area contributed by atoms with Crippen molar-refractivity contribution >= 4 is 22.8 Å². The number of halogens is 1. The van der Waals surface area contributed by atoms with Crippen LogP contribution in [0.4, 0.5) is 21.6 Å². The Morgan fingerprint density at radius 3 is 2.82 bits per heavy atom. The van der Waals surface area contributed by atoms with Gasteiger partial charge in [0.2, 0.25) is 0 Å². The van der Waals surface area contributed by atoms with Crippen molar-refractivity contribution in [2.75, 3.05) is 36.5 Å². The summed E-state index contributed by atoms with van der Waals surface area (Å²) in [6, 6.07) is 5.06. The second kappa shape index (κ2) is 6.89. The molecular weight excluding hydrogens is 363 g/mol. The standard InChI is InChI=1S/C18H17FN8O/c19-14-7-13(1-2-15(14)26-3-5-28-6-4-26)25-17-18-21-11-24-27(18)16(10-20-17)12-8-22-23-9-12/h1-2,7-11H,3-6H2,(H,20,25)(H,22,23). The Labute approximate surface area is 159 Å². The Kier molecular flexibility index (Phi) is 4.09. The molecule has 1 saturated heterocycles. The number of nitrogens with one attached hydrogen (secondary N) is 2. The molecule has 0 radical (unpaired) electrons. The quantitative estimate of drug-likeness (QED) is 0.560. The predicted octanol–water partition coefficient (Wildman–Crippen LogP) is 2.23. The molecule has 10 heteroatoms. The molecule has 5 rings (SSSR count). The van der Waals surface area contributed by atoms with Gasteiger partial charge >= 0.3 is 0 Å². The van der Waals surface area contributed by atoms with Crippen LogP contribution in [0.5, 0.6) is 0 Å². The minimum absolute atomic E-state index is 0.292.